The molecule has 3 heteroatoms. The van der Waals surface area contributed by atoms with Gasteiger partial charge in [0.2, 0.25) is 0 Å². The monoisotopic (exact) mass is 170 g/mol. The summed E-state index contributed by atoms with van der Waals surface area (Å²) in [6, 6.07) is 3.61. The SMILES string of the molecule is C=C(CS(C)=O)c1ccco1. The van der Waals surface area contributed by atoms with Crippen LogP contribution in [0.4, 0.5) is 0 Å². The average molecular weight is 170 g/mol. The standard InChI is InChI=1S/C8H10O2S/c1-7(6-11(2)9)8-4-3-5-10-8/h3-5H,1,6H2,2H3. The molecule has 0 aliphatic carbocycles. The molecule has 1 aromatic rings. The summed E-state index contributed by atoms with van der Waals surface area (Å²) in [4.78, 5) is 0. The Kier molecular flexibility index (Phi) is 2.65. The first-order valence-electron chi connectivity index (χ1n) is 3.22. The number of rotatable bonds is 3. The molecule has 0 bridgehead atoms. The summed E-state index contributed by atoms with van der Waals surface area (Å²) in [5.74, 6) is 1.20. The Morgan fingerprint density at radius 1 is 1.82 bits per heavy atom. The third-order valence-corrected chi connectivity index (χ3v) is 2.00. The topological polar surface area (TPSA) is 30.2 Å². The van der Waals surface area contributed by atoms with Crippen LogP contribution in [0.15, 0.2) is 29.4 Å². The quantitative estimate of drug-likeness (QED) is 0.690. The van der Waals surface area contributed by atoms with Gasteiger partial charge in [0.15, 0.2) is 0 Å². The Bertz CT molecular complexity index is 262. The molecule has 0 spiro atoms. The molecule has 0 radical (unpaired) electrons. The molecule has 0 fully saturated rings. The van der Waals surface area contributed by atoms with Gasteiger partial charge in [0.25, 0.3) is 0 Å². The van der Waals surface area contributed by atoms with Gasteiger partial charge >= 0.3 is 0 Å². The molecule has 1 heterocycles. The van der Waals surface area contributed by atoms with Crippen molar-refractivity contribution in [1.29, 1.82) is 0 Å². The fourth-order valence-corrected chi connectivity index (χ4v) is 1.43. The van der Waals surface area contributed by atoms with Crippen molar-refractivity contribution in [2.45, 2.75) is 0 Å². The Morgan fingerprint density at radius 2 is 2.55 bits per heavy atom. The van der Waals surface area contributed by atoms with Gasteiger partial charge in [-0.25, -0.2) is 0 Å². The minimum Gasteiger partial charge on any atom is -0.465 e. The predicted octanol–water partition coefficient (Wildman–Crippen LogP) is 1.67. The summed E-state index contributed by atoms with van der Waals surface area (Å²) in [5, 5.41) is 0. The first-order valence-corrected chi connectivity index (χ1v) is 4.94. The van der Waals surface area contributed by atoms with E-state index in [2.05, 4.69) is 6.58 Å². The van der Waals surface area contributed by atoms with Crippen molar-refractivity contribution < 1.29 is 8.63 Å². The van der Waals surface area contributed by atoms with Crippen molar-refractivity contribution in [3.8, 4) is 0 Å². The van der Waals surface area contributed by atoms with Crippen LogP contribution < -0.4 is 0 Å². The van der Waals surface area contributed by atoms with E-state index in [9.17, 15) is 4.21 Å². The minimum absolute atomic E-state index is 0.480. The van der Waals surface area contributed by atoms with E-state index in [-0.39, 0.29) is 0 Å². The number of furan rings is 1. The van der Waals surface area contributed by atoms with Gasteiger partial charge in [-0.05, 0) is 12.1 Å². The van der Waals surface area contributed by atoms with Crippen LogP contribution in [0, 0.1) is 0 Å². The van der Waals surface area contributed by atoms with Crippen LogP contribution in [0.2, 0.25) is 0 Å². The van der Waals surface area contributed by atoms with Gasteiger partial charge < -0.3 is 4.42 Å². The van der Waals surface area contributed by atoms with Crippen molar-refractivity contribution in [3.05, 3.63) is 30.7 Å². The zero-order chi connectivity index (χ0) is 8.27. The summed E-state index contributed by atoms with van der Waals surface area (Å²) in [5.41, 5.74) is 0.788. The van der Waals surface area contributed by atoms with E-state index in [1.54, 1.807) is 18.6 Å². The van der Waals surface area contributed by atoms with E-state index in [1.807, 2.05) is 6.07 Å². The fraction of sp³-hybridized carbons (Fsp3) is 0.250. The molecular weight excluding hydrogens is 160 g/mol. The van der Waals surface area contributed by atoms with E-state index < -0.39 is 10.8 Å². The van der Waals surface area contributed by atoms with Gasteiger partial charge in [-0.15, -0.1) is 0 Å². The molecule has 0 N–H and O–H groups in total. The summed E-state index contributed by atoms with van der Waals surface area (Å²) in [6.45, 7) is 3.75. The van der Waals surface area contributed by atoms with Crippen LogP contribution in [0.1, 0.15) is 5.76 Å². The highest BCUT2D eigenvalue weighted by atomic mass is 32.2. The van der Waals surface area contributed by atoms with E-state index in [1.165, 1.54) is 0 Å². The molecule has 1 rings (SSSR count). The highest BCUT2D eigenvalue weighted by Crippen LogP contribution is 2.12. The second-order valence-electron chi connectivity index (χ2n) is 2.30. The van der Waals surface area contributed by atoms with Crippen LogP contribution >= 0.6 is 0 Å². The Morgan fingerprint density at radius 3 is 3.00 bits per heavy atom. The average Bonchev–Trinajstić information content (AvgIpc) is 2.35. The molecule has 1 atom stereocenters. The van der Waals surface area contributed by atoms with Crippen LogP contribution in [0.3, 0.4) is 0 Å². The molecule has 1 unspecified atom stereocenters. The molecule has 0 aliphatic rings. The largest absolute Gasteiger partial charge is 0.465 e. The molecule has 60 valence electrons. The fourth-order valence-electron chi connectivity index (χ4n) is 0.796. The van der Waals surface area contributed by atoms with Crippen molar-refractivity contribution in [1.82, 2.24) is 0 Å². The summed E-state index contributed by atoms with van der Waals surface area (Å²) < 4.78 is 15.8. The molecule has 0 saturated carbocycles. The second-order valence-corrected chi connectivity index (χ2v) is 3.73. The predicted molar refractivity (Wildman–Crippen MR) is 46.7 cm³/mol. The van der Waals surface area contributed by atoms with E-state index in [4.69, 9.17) is 4.42 Å². The number of hydrogen-bond donors (Lipinski definition) is 0. The normalized spacial score (nSPS) is 12.8. The lowest BCUT2D eigenvalue weighted by molar-refractivity contribution is 0.553. The van der Waals surface area contributed by atoms with Crippen LogP contribution in [-0.2, 0) is 10.8 Å². The van der Waals surface area contributed by atoms with Crippen LogP contribution in [-0.4, -0.2) is 16.2 Å². The maximum Gasteiger partial charge on any atom is 0.130 e. The highest BCUT2D eigenvalue weighted by molar-refractivity contribution is 7.84. The maximum absolute atomic E-state index is 10.8. The van der Waals surface area contributed by atoms with E-state index in [0.717, 1.165) is 11.3 Å². The Balaban J connectivity index is 2.64. The Hall–Kier alpha value is -0.830. The van der Waals surface area contributed by atoms with Gasteiger partial charge in [-0.3, -0.25) is 4.21 Å². The van der Waals surface area contributed by atoms with Gasteiger partial charge in [-0.2, -0.15) is 0 Å². The lowest BCUT2D eigenvalue weighted by atomic mass is 10.3. The van der Waals surface area contributed by atoms with E-state index in [0.29, 0.717) is 5.75 Å². The highest BCUT2D eigenvalue weighted by Gasteiger charge is 2.02. The van der Waals surface area contributed by atoms with Crippen LogP contribution in [0.25, 0.3) is 5.57 Å². The molecule has 0 aliphatic heterocycles. The molecule has 2 nitrogen and oxygen atoms in total. The lowest BCUT2D eigenvalue weighted by Gasteiger charge is -1.97. The van der Waals surface area contributed by atoms with Crippen molar-refractivity contribution >= 4 is 16.4 Å². The van der Waals surface area contributed by atoms with Gasteiger partial charge in [-0.1, -0.05) is 6.58 Å². The van der Waals surface area contributed by atoms with Gasteiger partial charge in [0.05, 0.1) is 12.0 Å². The molecule has 11 heavy (non-hydrogen) atoms. The smallest absolute Gasteiger partial charge is 0.130 e. The summed E-state index contributed by atoms with van der Waals surface area (Å²) >= 11 is 0. The van der Waals surface area contributed by atoms with Crippen LogP contribution in [0.5, 0.6) is 0 Å². The number of hydrogen-bond acceptors (Lipinski definition) is 2. The zero-order valence-corrected chi connectivity index (χ0v) is 7.19. The zero-order valence-electron chi connectivity index (χ0n) is 6.37. The first-order chi connectivity index (χ1) is 5.20. The van der Waals surface area contributed by atoms with Gasteiger partial charge in [0, 0.05) is 22.6 Å². The minimum atomic E-state index is -0.840. The summed E-state index contributed by atoms with van der Waals surface area (Å²) in [7, 11) is -0.840. The Labute approximate surface area is 68.4 Å². The lowest BCUT2D eigenvalue weighted by Crippen LogP contribution is -1.95. The third-order valence-electron chi connectivity index (χ3n) is 1.25. The first kappa shape index (κ1) is 8.27. The molecule has 0 aromatic carbocycles. The second kappa shape index (κ2) is 3.53. The molecule has 0 saturated heterocycles. The summed E-state index contributed by atoms with van der Waals surface area (Å²) in [6.07, 6.45) is 3.23. The van der Waals surface area contributed by atoms with E-state index >= 15 is 0 Å². The molecule has 1 aromatic heterocycles. The van der Waals surface area contributed by atoms with Crippen molar-refractivity contribution in [2.75, 3.05) is 12.0 Å². The molecule has 0 amide bonds. The molecular formula is C8H10O2S. The third kappa shape index (κ3) is 2.35. The van der Waals surface area contributed by atoms with Crippen molar-refractivity contribution in [3.63, 3.8) is 0 Å². The van der Waals surface area contributed by atoms with Crippen molar-refractivity contribution in [2.24, 2.45) is 0 Å². The maximum atomic E-state index is 10.8. The van der Waals surface area contributed by atoms with Gasteiger partial charge in [0.1, 0.15) is 5.76 Å².